The maximum Gasteiger partial charge on any atom is 0.326 e. The van der Waals surface area contributed by atoms with Gasteiger partial charge in [-0.15, -0.1) is 0 Å². The molecule has 0 spiro atoms. The standard InChI is InChI=1S/C12H20N2O4/c1-4-7(2)10(12(17)18)13-11(16)8-5-6-9(15)14(8)3/h7-8,10H,4-6H2,1-3H3,(H,13,16)(H,17,18)/t7-,8?,10-/m0/s1. The molecule has 1 fully saturated rings. The minimum Gasteiger partial charge on any atom is -0.480 e. The Morgan fingerprint density at radius 3 is 2.56 bits per heavy atom. The van der Waals surface area contributed by atoms with Gasteiger partial charge >= 0.3 is 5.97 Å². The molecule has 0 radical (unpaired) electrons. The lowest BCUT2D eigenvalue weighted by Gasteiger charge is -2.24. The minimum absolute atomic E-state index is 0.0782. The quantitative estimate of drug-likeness (QED) is 0.737. The van der Waals surface area contributed by atoms with Crippen molar-refractivity contribution in [2.75, 3.05) is 7.05 Å². The van der Waals surface area contributed by atoms with E-state index in [-0.39, 0.29) is 17.7 Å². The largest absolute Gasteiger partial charge is 0.480 e. The number of carbonyl (C=O) groups excluding carboxylic acids is 2. The van der Waals surface area contributed by atoms with Crippen LogP contribution in [0, 0.1) is 5.92 Å². The van der Waals surface area contributed by atoms with Crippen LogP contribution in [-0.4, -0.2) is 46.9 Å². The van der Waals surface area contributed by atoms with Gasteiger partial charge in [-0.25, -0.2) is 4.79 Å². The van der Waals surface area contributed by atoms with Crippen LogP contribution in [0.15, 0.2) is 0 Å². The summed E-state index contributed by atoms with van der Waals surface area (Å²) in [7, 11) is 1.57. The van der Waals surface area contributed by atoms with Crippen LogP contribution in [0.1, 0.15) is 33.1 Å². The van der Waals surface area contributed by atoms with E-state index < -0.39 is 18.1 Å². The van der Waals surface area contributed by atoms with Gasteiger partial charge in [0.05, 0.1) is 0 Å². The molecule has 0 aromatic heterocycles. The zero-order valence-corrected chi connectivity index (χ0v) is 11.0. The Kier molecular flexibility index (Phi) is 4.69. The third-order valence-electron chi connectivity index (χ3n) is 3.57. The Morgan fingerprint density at radius 1 is 1.56 bits per heavy atom. The van der Waals surface area contributed by atoms with Crippen molar-refractivity contribution in [3.63, 3.8) is 0 Å². The molecule has 3 atom stereocenters. The predicted octanol–water partition coefficient (Wildman–Crippen LogP) is 0.223. The monoisotopic (exact) mass is 256 g/mol. The molecule has 1 aliphatic rings. The van der Waals surface area contributed by atoms with Gasteiger partial charge in [0.15, 0.2) is 0 Å². The Labute approximate surface area is 106 Å². The van der Waals surface area contributed by atoms with Crippen LogP contribution >= 0.6 is 0 Å². The van der Waals surface area contributed by atoms with Gasteiger partial charge in [-0.05, 0) is 12.3 Å². The van der Waals surface area contributed by atoms with E-state index in [2.05, 4.69) is 5.32 Å². The molecule has 0 aliphatic carbocycles. The van der Waals surface area contributed by atoms with Gasteiger partial charge < -0.3 is 15.3 Å². The number of nitrogens with one attached hydrogen (secondary N) is 1. The maximum absolute atomic E-state index is 12.0. The molecule has 6 heteroatoms. The van der Waals surface area contributed by atoms with Crippen LogP contribution in [-0.2, 0) is 14.4 Å². The van der Waals surface area contributed by atoms with E-state index in [0.717, 1.165) is 0 Å². The van der Waals surface area contributed by atoms with Crippen molar-refractivity contribution in [2.45, 2.75) is 45.2 Å². The van der Waals surface area contributed by atoms with Crippen LogP contribution in [0.3, 0.4) is 0 Å². The predicted molar refractivity (Wildman–Crippen MR) is 64.8 cm³/mol. The van der Waals surface area contributed by atoms with Crippen molar-refractivity contribution in [2.24, 2.45) is 5.92 Å². The number of aliphatic carboxylic acids is 1. The third-order valence-corrected chi connectivity index (χ3v) is 3.57. The summed E-state index contributed by atoms with van der Waals surface area (Å²) in [5.74, 6) is -1.64. The molecule has 18 heavy (non-hydrogen) atoms. The Bertz CT molecular complexity index is 356. The zero-order valence-electron chi connectivity index (χ0n) is 11.0. The minimum atomic E-state index is -1.04. The lowest BCUT2D eigenvalue weighted by molar-refractivity contribution is -0.144. The van der Waals surface area contributed by atoms with E-state index in [1.165, 1.54) is 4.90 Å². The van der Waals surface area contributed by atoms with Gasteiger partial charge in [0.2, 0.25) is 11.8 Å². The van der Waals surface area contributed by atoms with E-state index in [9.17, 15) is 14.4 Å². The van der Waals surface area contributed by atoms with Crippen LogP contribution in [0.25, 0.3) is 0 Å². The first-order valence-electron chi connectivity index (χ1n) is 6.17. The molecular weight excluding hydrogens is 236 g/mol. The number of hydrogen-bond acceptors (Lipinski definition) is 3. The van der Waals surface area contributed by atoms with E-state index in [1.54, 1.807) is 14.0 Å². The number of nitrogens with zero attached hydrogens (tertiary/aromatic N) is 1. The Morgan fingerprint density at radius 2 is 2.17 bits per heavy atom. The third kappa shape index (κ3) is 3.00. The summed E-state index contributed by atoms with van der Waals surface area (Å²) in [6.07, 6.45) is 1.46. The highest BCUT2D eigenvalue weighted by atomic mass is 16.4. The molecule has 1 aliphatic heterocycles. The van der Waals surface area contributed by atoms with Gasteiger partial charge in [0.25, 0.3) is 0 Å². The SMILES string of the molecule is CC[C@H](C)[C@H](NC(=O)C1CCC(=O)N1C)C(=O)O. The highest BCUT2D eigenvalue weighted by Gasteiger charge is 2.35. The first-order chi connectivity index (χ1) is 8.38. The molecule has 1 saturated heterocycles. The normalized spacial score (nSPS) is 22.7. The van der Waals surface area contributed by atoms with Gasteiger partial charge in [0.1, 0.15) is 12.1 Å². The van der Waals surface area contributed by atoms with Crippen LogP contribution in [0.2, 0.25) is 0 Å². The van der Waals surface area contributed by atoms with Crippen molar-refractivity contribution in [3.05, 3.63) is 0 Å². The maximum atomic E-state index is 12.0. The molecule has 1 unspecified atom stereocenters. The second-order valence-corrected chi connectivity index (χ2v) is 4.77. The summed E-state index contributed by atoms with van der Waals surface area (Å²) in [4.78, 5) is 35.8. The number of carboxylic acid groups (broad SMARTS) is 1. The number of carbonyl (C=O) groups is 3. The highest BCUT2D eigenvalue weighted by molar-refractivity contribution is 5.92. The van der Waals surface area contributed by atoms with E-state index >= 15 is 0 Å². The summed E-state index contributed by atoms with van der Waals surface area (Å²) >= 11 is 0. The van der Waals surface area contributed by atoms with E-state index in [1.807, 2.05) is 6.92 Å². The zero-order chi connectivity index (χ0) is 13.9. The molecule has 2 amide bonds. The number of rotatable bonds is 5. The summed E-state index contributed by atoms with van der Waals surface area (Å²) < 4.78 is 0. The van der Waals surface area contributed by atoms with Crippen molar-refractivity contribution >= 4 is 17.8 Å². The average molecular weight is 256 g/mol. The first kappa shape index (κ1) is 14.5. The van der Waals surface area contributed by atoms with Crippen LogP contribution in [0.4, 0.5) is 0 Å². The van der Waals surface area contributed by atoms with E-state index in [4.69, 9.17) is 5.11 Å². The number of amides is 2. The molecule has 0 aromatic rings. The number of hydrogen-bond donors (Lipinski definition) is 2. The number of carboxylic acids is 1. The van der Waals surface area contributed by atoms with Gasteiger partial charge in [0, 0.05) is 13.5 Å². The molecule has 1 rings (SSSR count). The Hall–Kier alpha value is -1.59. The molecule has 0 aromatic carbocycles. The van der Waals surface area contributed by atoms with Gasteiger partial charge in [-0.2, -0.15) is 0 Å². The van der Waals surface area contributed by atoms with Crippen molar-refractivity contribution in [1.29, 1.82) is 0 Å². The molecular formula is C12H20N2O4. The molecule has 6 nitrogen and oxygen atoms in total. The molecule has 2 N–H and O–H groups in total. The average Bonchev–Trinajstić information content (AvgIpc) is 2.65. The van der Waals surface area contributed by atoms with Crippen molar-refractivity contribution < 1.29 is 19.5 Å². The highest BCUT2D eigenvalue weighted by Crippen LogP contribution is 2.17. The second-order valence-electron chi connectivity index (χ2n) is 4.77. The Balaban J connectivity index is 2.67. The molecule has 0 saturated carbocycles. The van der Waals surface area contributed by atoms with E-state index in [0.29, 0.717) is 19.3 Å². The van der Waals surface area contributed by atoms with Gasteiger partial charge in [-0.3, -0.25) is 9.59 Å². The summed E-state index contributed by atoms with van der Waals surface area (Å²) in [6, 6.07) is -1.44. The van der Waals surface area contributed by atoms with Crippen molar-refractivity contribution in [3.8, 4) is 0 Å². The molecule has 102 valence electrons. The summed E-state index contributed by atoms with van der Waals surface area (Å²) in [6.45, 7) is 3.65. The molecule has 0 bridgehead atoms. The summed E-state index contributed by atoms with van der Waals surface area (Å²) in [5.41, 5.74) is 0. The smallest absolute Gasteiger partial charge is 0.326 e. The lowest BCUT2D eigenvalue weighted by atomic mass is 9.99. The van der Waals surface area contributed by atoms with Crippen LogP contribution in [0.5, 0.6) is 0 Å². The second kappa shape index (κ2) is 5.84. The van der Waals surface area contributed by atoms with Crippen molar-refractivity contribution in [1.82, 2.24) is 10.2 Å². The fourth-order valence-corrected chi connectivity index (χ4v) is 2.04. The topological polar surface area (TPSA) is 86.7 Å². The lowest BCUT2D eigenvalue weighted by Crippen LogP contribution is -2.51. The fourth-order valence-electron chi connectivity index (χ4n) is 2.04. The molecule has 1 heterocycles. The number of likely N-dealkylation sites (N-methyl/N-ethyl adjacent to an activating group) is 1. The van der Waals surface area contributed by atoms with Crippen LogP contribution < -0.4 is 5.32 Å². The first-order valence-corrected chi connectivity index (χ1v) is 6.17. The van der Waals surface area contributed by atoms with Gasteiger partial charge in [-0.1, -0.05) is 20.3 Å². The fraction of sp³-hybridized carbons (Fsp3) is 0.750. The summed E-state index contributed by atoms with van der Waals surface area (Å²) in [5, 5.41) is 11.6. The number of likely N-dealkylation sites (tertiary alicyclic amines) is 1.